The van der Waals surface area contributed by atoms with Gasteiger partial charge in [0.05, 0.1) is 18.1 Å². The number of sulfonamides is 1. The number of carbonyl (C=O) groups excluding carboxylic acids is 2. The van der Waals surface area contributed by atoms with Crippen LogP contribution in [-0.4, -0.2) is 85.6 Å². The lowest BCUT2D eigenvalue weighted by Gasteiger charge is -2.26. The summed E-state index contributed by atoms with van der Waals surface area (Å²) in [6.07, 6.45) is 0.271. The van der Waals surface area contributed by atoms with Gasteiger partial charge in [0.2, 0.25) is 15.9 Å². The molecule has 38 heavy (non-hydrogen) atoms. The quantitative estimate of drug-likeness (QED) is 0.511. The Morgan fingerprint density at radius 2 is 1.71 bits per heavy atom. The van der Waals surface area contributed by atoms with Crippen LogP contribution in [-0.2, 0) is 30.8 Å². The Balaban J connectivity index is 1.39. The van der Waals surface area contributed by atoms with E-state index in [2.05, 4.69) is 5.32 Å². The molecule has 0 unspecified atom stereocenters. The number of rotatable bonds is 8. The van der Waals surface area contributed by atoms with E-state index in [-0.39, 0.29) is 17.9 Å². The van der Waals surface area contributed by atoms with E-state index in [1.165, 1.54) is 12.1 Å². The normalized spacial score (nSPS) is 19.1. The van der Waals surface area contributed by atoms with Crippen molar-refractivity contribution < 1.29 is 37.4 Å². The largest absolute Gasteiger partial charge is 0.480 e. The Kier molecular flexibility index (Phi) is 8.65. The van der Waals surface area contributed by atoms with Gasteiger partial charge < -0.3 is 24.8 Å². The molecule has 11 nitrogen and oxygen atoms in total. The van der Waals surface area contributed by atoms with Gasteiger partial charge in [-0.3, -0.25) is 4.79 Å². The third-order valence-corrected chi connectivity index (χ3v) is 8.51. The molecule has 2 aliphatic rings. The molecule has 0 radical (unpaired) electrons. The van der Waals surface area contributed by atoms with E-state index >= 15 is 0 Å². The monoisotopic (exact) mass is 545 g/mol. The van der Waals surface area contributed by atoms with Crippen LogP contribution in [0.3, 0.4) is 0 Å². The fourth-order valence-electron chi connectivity index (χ4n) is 4.44. The van der Waals surface area contributed by atoms with Crippen molar-refractivity contribution in [3.05, 3.63) is 59.7 Å². The number of carboxylic acid groups (broad SMARTS) is 1. The zero-order valence-corrected chi connectivity index (χ0v) is 21.9. The second kappa shape index (κ2) is 11.9. The van der Waals surface area contributed by atoms with Crippen LogP contribution in [0.15, 0.2) is 53.4 Å². The number of benzene rings is 2. The van der Waals surface area contributed by atoms with Crippen molar-refractivity contribution >= 4 is 28.0 Å². The fraction of sp³-hybridized carbons (Fsp3) is 0.423. The van der Waals surface area contributed by atoms with Crippen LogP contribution in [0.5, 0.6) is 5.75 Å². The Morgan fingerprint density at radius 1 is 1.05 bits per heavy atom. The molecule has 2 saturated heterocycles. The van der Waals surface area contributed by atoms with Crippen molar-refractivity contribution in [2.24, 2.45) is 0 Å². The second-order valence-electron chi connectivity index (χ2n) is 9.30. The van der Waals surface area contributed by atoms with E-state index in [1.807, 2.05) is 6.92 Å². The number of hydrogen-bond acceptors (Lipinski definition) is 7. The fourth-order valence-corrected chi connectivity index (χ4v) is 6.10. The molecular formula is C26H31N3O8S. The Hall–Kier alpha value is -3.48. The van der Waals surface area contributed by atoms with Gasteiger partial charge in [-0.2, -0.15) is 4.31 Å². The maximum absolute atomic E-state index is 13.2. The SMILES string of the molecule is Cc1ccc(S(=O)(=O)N2CCC[C@H]2C(=O)N[C@@H](Cc2ccc(OC(=O)N3CCOCC3)cc2)C(=O)O)cc1. The number of carbonyl (C=O) groups is 3. The first kappa shape index (κ1) is 27.6. The Labute approximate surface area is 221 Å². The lowest BCUT2D eigenvalue weighted by molar-refractivity contribution is -0.142. The molecule has 2 aromatic carbocycles. The van der Waals surface area contributed by atoms with Crippen molar-refractivity contribution in [1.82, 2.24) is 14.5 Å². The highest BCUT2D eigenvalue weighted by Gasteiger charge is 2.40. The predicted octanol–water partition coefficient (Wildman–Crippen LogP) is 1.79. The van der Waals surface area contributed by atoms with Crippen LogP contribution in [0.1, 0.15) is 24.0 Å². The summed E-state index contributed by atoms with van der Waals surface area (Å²) >= 11 is 0. The number of morpholine rings is 1. The number of amides is 2. The van der Waals surface area contributed by atoms with Crippen LogP contribution in [0.25, 0.3) is 0 Å². The first-order chi connectivity index (χ1) is 18.1. The number of carboxylic acids is 1. The third kappa shape index (κ3) is 6.50. The standard InChI is InChI=1S/C26H31N3O8S/c1-18-4-10-21(11-5-18)38(34,35)29-12-2-3-23(29)24(30)27-22(25(31)32)17-19-6-8-20(9-7-19)37-26(33)28-13-15-36-16-14-28/h4-11,22-23H,2-3,12-17H2,1H3,(H,27,30)(H,31,32)/t22-,23-/m0/s1. The highest BCUT2D eigenvalue weighted by molar-refractivity contribution is 7.89. The van der Waals surface area contributed by atoms with Gasteiger partial charge in [0, 0.05) is 26.1 Å². The van der Waals surface area contributed by atoms with Gasteiger partial charge in [-0.05, 0) is 49.6 Å². The minimum atomic E-state index is -3.91. The molecule has 2 amide bonds. The van der Waals surface area contributed by atoms with Gasteiger partial charge >= 0.3 is 12.1 Å². The summed E-state index contributed by atoms with van der Waals surface area (Å²) in [6.45, 7) is 3.82. The van der Waals surface area contributed by atoms with Crippen LogP contribution in [0, 0.1) is 6.92 Å². The summed E-state index contributed by atoms with van der Waals surface area (Å²) in [5, 5.41) is 12.3. The number of hydrogen-bond donors (Lipinski definition) is 2. The zero-order valence-electron chi connectivity index (χ0n) is 21.0. The highest BCUT2D eigenvalue weighted by Crippen LogP contribution is 2.27. The summed E-state index contributed by atoms with van der Waals surface area (Å²) < 4.78 is 38.1. The molecule has 0 saturated carbocycles. The van der Waals surface area contributed by atoms with E-state index in [1.54, 1.807) is 41.3 Å². The van der Waals surface area contributed by atoms with E-state index < -0.39 is 40.1 Å². The maximum Gasteiger partial charge on any atom is 0.415 e. The number of nitrogens with zero attached hydrogens (tertiary/aromatic N) is 2. The van der Waals surface area contributed by atoms with E-state index in [0.717, 1.165) is 9.87 Å². The molecular weight excluding hydrogens is 514 g/mol. The average Bonchev–Trinajstić information content (AvgIpc) is 3.41. The number of ether oxygens (including phenoxy) is 2. The Morgan fingerprint density at radius 3 is 2.34 bits per heavy atom. The first-order valence-electron chi connectivity index (χ1n) is 12.4. The topological polar surface area (TPSA) is 143 Å². The molecule has 2 aromatic rings. The number of nitrogens with one attached hydrogen (secondary N) is 1. The Bertz CT molecular complexity index is 1260. The van der Waals surface area contributed by atoms with E-state index in [4.69, 9.17) is 9.47 Å². The lowest BCUT2D eigenvalue weighted by atomic mass is 10.1. The van der Waals surface area contributed by atoms with Gasteiger partial charge in [-0.25, -0.2) is 18.0 Å². The third-order valence-electron chi connectivity index (χ3n) is 6.59. The average molecular weight is 546 g/mol. The van der Waals surface area contributed by atoms with Crippen LogP contribution < -0.4 is 10.1 Å². The number of aryl methyl sites for hydroxylation is 1. The van der Waals surface area contributed by atoms with Crippen molar-refractivity contribution in [2.75, 3.05) is 32.8 Å². The molecule has 204 valence electrons. The molecule has 0 aromatic heterocycles. The summed E-state index contributed by atoms with van der Waals surface area (Å²) in [7, 11) is -3.91. The minimum absolute atomic E-state index is 0.0316. The number of aliphatic carboxylic acids is 1. The molecule has 12 heteroatoms. The summed E-state index contributed by atoms with van der Waals surface area (Å²) in [5.74, 6) is -1.59. The van der Waals surface area contributed by atoms with E-state index in [0.29, 0.717) is 50.5 Å². The second-order valence-corrected chi connectivity index (χ2v) is 11.2. The lowest BCUT2D eigenvalue weighted by Crippen LogP contribution is -2.51. The van der Waals surface area contributed by atoms with Crippen molar-refractivity contribution in [3.63, 3.8) is 0 Å². The molecule has 2 fully saturated rings. The minimum Gasteiger partial charge on any atom is -0.480 e. The van der Waals surface area contributed by atoms with Crippen LogP contribution in [0.4, 0.5) is 4.79 Å². The highest BCUT2D eigenvalue weighted by atomic mass is 32.2. The maximum atomic E-state index is 13.2. The molecule has 0 bridgehead atoms. The van der Waals surface area contributed by atoms with Gasteiger partial charge in [0.15, 0.2) is 0 Å². The smallest absolute Gasteiger partial charge is 0.415 e. The van der Waals surface area contributed by atoms with Crippen molar-refractivity contribution in [2.45, 2.75) is 43.2 Å². The van der Waals surface area contributed by atoms with Gasteiger partial charge in [-0.1, -0.05) is 29.8 Å². The van der Waals surface area contributed by atoms with Crippen molar-refractivity contribution in [1.29, 1.82) is 0 Å². The molecule has 2 atom stereocenters. The summed E-state index contributed by atoms with van der Waals surface area (Å²) in [6, 6.07) is 10.5. The van der Waals surface area contributed by atoms with Gasteiger partial charge in [0.25, 0.3) is 0 Å². The predicted molar refractivity (Wildman–Crippen MR) is 136 cm³/mol. The molecule has 2 aliphatic heterocycles. The van der Waals surface area contributed by atoms with Gasteiger partial charge in [-0.15, -0.1) is 0 Å². The zero-order chi connectivity index (χ0) is 27.3. The van der Waals surface area contributed by atoms with Gasteiger partial charge in [0.1, 0.15) is 17.8 Å². The summed E-state index contributed by atoms with van der Waals surface area (Å²) in [5.41, 5.74) is 1.51. The molecule has 0 spiro atoms. The summed E-state index contributed by atoms with van der Waals surface area (Å²) in [4.78, 5) is 38.9. The molecule has 2 N–H and O–H groups in total. The van der Waals surface area contributed by atoms with Crippen LogP contribution in [0.2, 0.25) is 0 Å². The first-order valence-corrected chi connectivity index (χ1v) is 13.8. The van der Waals surface area contributed by atoms with Crippen LogP contribution >= 0.6 is 0 Å². The molecule has 2 heterocycles. The molecule has 4 rings (SSSR count). The van der Waals surface area contributed by atoms with E-state index in [9.17, 15) is 27.9 Å². The molecule has 0 aliphatic carbocycles. The van der Waals surface area contributed by atoms with Crippen molar-refractivity contribution in [3.8, 4) is 5.75 Å².